The number of hydrogen-bond donors (Lipinski definition) is 3. The van der Waals surface area contributed by atoms with Gasteiger partial charge in [0.1, 0.15) is 0 Å². The highest BCUT2D eigenvalue weighted by Crippen LogP contribution is 2.30. The summed E-state index contributed by atoms with van der Waals surface area (Å²) in [4.78, 5) is 0. The molecule has 0 aromatic heterocycles. The molecule has 0 heterocycles. The van der Waals surface area contributed by atoms with Crippen LogP contribution in [0.4, 0.5) is 4.39 Å². The molecule has 1 rings (SSSR count). The van der Waals surface area contributed by atoms with Gasteiger partial charge in [0.25, 0.3) is 0 Å². The van der Waals surface area contributed by atoms with Crippen LogP contribution in [0, 0.1) is 5.82 Å². The Hall–Kier alpha value is -0.650. The molecular formula is C11H15BrFNO2. The van der Waals surface area contributed by atoms with Gasteiger partial charge in [-0.3, -0.25) is 0 Å². The first kappa shape index (κ1) is 13.4. The fourth-order valence-electron chi connectivity index (χ4n) is 1.49. The Morgan fingerprint density at radius 2 is 2.06 bits per heavy atom. The third-order valence-corrected chi connectivity index (χ3v) is 2.79. The minimum atomic E-state index is -0.658. The van der Waals surface area contributed by atoms with E-state index in [9.17, 15) is 9.50 Å². The predicted octanol–water partition coefficient (Wildman–Crippen LogP) is 2.33. The molecule has 2 atom stereocenters. The van der Waals surface area contributed by atoms with Gasteiger partial charge in [-0.1, -0.05) is 15.9 Å². The number of rotatable bonds is 4. The molecule has 3 nitrogen and oxygen atoms in total. The van der Waals surface area contributed by atoms with Crippen molar-refractivity contribution in [2.75, 3.05) is 6.61 Å². The number of hydrogen-bond acceptors (Lipinski definition) is 3. The summed E-state index contributed by atoms with van der Waals surface area (Å²) in [5.74, 6) is -1.01. The summed E-state index contributed by atoms with van der Waals surface area (Å²) in [6.45, 7) is 3.59. The van der Waals surface area contributed by atoms with E-state index in [0.29, 0.717) is 10.0 Å². The van der Waals surface area contributed by atoms with Gasteiger partial charge in [-0.15, -0.1) is 0 Å². The molecule has 0 fully saturated rings. The van der Waals surface area contributed by atoms with Crippen molar-refractivity contribution in [2.24, 2.45) is 0 Å². The summed E-state index contributed by atoms with van der Waals surface area (Å²) in [6.07, 6.45) is 0. The topological polar surface area (TPSA) is 52.5 Å². The molecule has 0 aliphatic heterocycles. The minimum Gasteiger partial charge on any atom is -0.505 e. The molecule has 1 unspecified atom stereocenters. The number of nitrogens with one attached hydrogen (secondary N) is 1. The predicted molar refractivity (Wildman–Crippen MR) is 63.9 cm³/mol. The highest BCUT2D eigenvalue weighted by atomic mass is 79.9. The van der Waals surface area contributed by atoms with Gasteiger partial charge in [0.15, 0.2) is 11.6 Å². The van der Waals surface area contributed by atoms with Gasteiger partial charge in [0.2, 0.25) is 0 Å². The molecule has 16 heavy (non-hydrogen) atoms. The van der Waals surface area contributed by atoms with Gasteiger partial charge in [-0.2, -0.15) is 0 Å². The standard InChI is InChI=1S/C11H15BrFNO2/c1-6(5-15)14-7(2)9-3-8(12)4-10(13)11(9)16/h3-4,6-7,14-16H,5H2,1-2H3/t6-,7?/m0/s1. The fraction of sp³-hybridized carbons (Fsp3) is 0.455. The number of aliphatic hydroxyl groups excluding tert-OH is 1. The first-order valence-electron chi connectivity index (χ1n) is 5.00. The van der Waals surface area contributed by atoms with Gasteiger partial charge < -0.3 is 15.5 Å². The van der Waals surface area contributed by atoms with Crippen LogP contribution in [0.3, 0.4) is 0 Å². The van der Waals surface area contributed by atoms with E-state index in [2.05, 4.69) is 21.2 Å². The molecule has 0 spiro atoms. The zero-order valence-electron chi connectivity index (χ0n) is 9.17. The molecule has 0 saturated heterocycles. The second-order valence-corrected chi connectivity index (χ2v) is 4.71. The van der Waals surface area contributed by atoms with E-state index in [1.54, 1.807) is 13.0 Å². The Morgan fingerprint density at radius 3 is 2.62 bits per heavy atom. The Kier molecular flexibility index (Phi) is 4.70. The van der Waals surface area contributed by atoms with Crippen molar-refractivity contribution in [3.63, 3.8) is 0 Å². The molecule has 0 saturated carbocycles. The molecule has 0 radical (unpaired) electrons. The summed E-state index contributed by atoms with van der Waals surface area (Å²) in [7, 11) is 0. The lowest BCUT2D eigenvalue weighted by molar-refractivity contribution is 0.242. The summed E-state index contributed by atoms with van der Waals surface area (Å²) in [5.41, 5.74) is 0.465. The van der Waals surface area contributed by atoms with Crippen LogP contribution in [0.2, 0.25) is 0 Å². The van der Waals surface area contributed by atoms with Crippen LogP contribution in [-0.2, 0) is 0 Å². The lowest BCUT2D eigenvalue weighted by Gasteiger charge is -2.20. The molecule has 0 aliphatic rings. The second-order valence-electron chi connectivity index (χ2n) is 3.80. The van der Waals surface area contributed by atoms with Crippen LogP contribution in [0.25, 0.3) is 0 Å². The monoisotopic (exact) mass is 291 g/mol. The maximum Gasteiger partial charge on any atom is 0.166 e. The summed E-state index contributed by atoms with van der Waals surface area (Å²) in [6, 6.07) is 2.51. The van der Waals surface area contributed by atoms with Crippen LogP contribution < -0.4 is 5.32 Å². The number of aliphatic hydroxyl groups is 1. The molecule has 0 bridgehead atoms. The van der Waals surface area contributed by atoms with Crippen LogP contribution in [0.5, 0.6) is 5.75 Å². The van der Waals surface area contributed by atoms with E-state index in [0.717, 1.165) is 0 Å². The zero-order valence-corrected chi connectivity index (χ0v) is 10.8. The van der Waals surface area contributed by atoms with Crippen molar-refractivity contribution in [2.45, 2.75) is 25.9 Å². The van der Waals surface area contributed by atoms with Crippen molar-refractivity contribution in [3.8, 4) is 5.75 Å². The van der Waals surface area contributed by atoms with Crippen molar-refractivity contribution in [3.05, 3.63) is 28.0 Å². The molecule has 3 N–H and O–H groups in total. The fourth-order valence-corrected chi connectivity index (χ4v) is 1.93. The van der Waals surface area contributed by atoms with Crippen LogP contribution in [0.15, 0.2) is 16.6 Å². The maximum absolute atomic E-state index is 13.3. The molecule has 1 aromatic rings. The first-order chi connectivity index (χ1) is 7.45. The van der Waals surface area contributed by atoms with E-state index in [1.807, 2.05) is 6.92 Å². The van der Waals surface area contributed by atoms with Crippen LogP contribution in [-0.4, -0.2) is 22.9 Å². The highest BCUT2D eigenvalue weighted by Gasteiger charge is 2.16. The van der Waals surface area contributed by atoms with E-state index in [4.69, 9.17) is 5.11 Å². The first-order valence-corrected chi connectivity index (χ1v) is 5.79. The summed E-state index contributed by atoms with van der Waals surface area (Å²) < 4.78 is 13.8. The quantitative estimate of drug-likeness (QED) is 0.798. The van der Waals surface area contributed by atoms with Gasteiger partial charge in [-0.25, -0.2) is 4.39 Å². The molecule has 5 heteroatoms. The Balaban J connectivity index is 2.94. The highest BCUT2D eigenvalue weighted by molar-refractivity contribution is 9.10. The lowest BCUT2D eigenvalue weighted by Crippen LogP contribution is -2.31. The number of phenolic OH excluding ortho intramolecular Hbond substituents is 1. The Labute approximate surface area is 102 Å². The minimum absolute atomic E-state index is 0.0123. The lowest BCUT2D eigenvalue weighted by atomic mass is 10.1. The number of phenols is 1. The molecular weight excluding hydrogens is 277 g/mol. The van der Waals surface area contributed by atoms with Gasteiger partial charge in [-0.05, 0) is 26.0 Å². The molecule has 90 valence electrons. The van der Waals surface area contributed by atoms with E-state index >= 15 is 0 Å². The summed E-state index contributed by atoms with van der Waals surface area (Å²) >= 11 is 3.17. The van der Waals surface area contributed by atoms with Crippen molar-refractivity contribution >= 4 is 15.9 Å². The van der Waals surface area contributed by atoms with Crippen molar-refractivity contribution in [1.29, 1.82) is 0 Å². The van der Waals surface area contributed by atoms with Gasteiger partial charge in [0.05, 0.1) is 6.61 Å². The summed E-state index contributed by atoms with van der Waals surface area (Å²) in [5, 5.41) is 21.5. The maximum atomic E-state index is 13.3. The normalized spacial score (nSPS) is 14.8. The molecule has 0 aliphatic carbocycles. The van der Waals surface area contributed by atoms with E-state index < -0.39 is 5.82 Å². The van der Waals surface area contributed by atoms with Crippen molar-refractivity contribution in [1.82, 2.24) is 5.32 Å². The Morgan fingerprint density at radius 1 is 1.44 bits per heavy atom. The smallest absolute Gasteiger partial charge is 0.166 e. The molecule has 1 aromatic carbocycles. The average molecular weight is 292 g/mol. The van der Waals surface area contributed by atoms with Gasteiger partial charge in [0, 0.05) is 22.1 Å². The Bertz CT molecular complexity index is 373. The number of aromatic hydroxyl groups is 1. The van der Waals surface area contributed by atoms with Crippen LogP contribution in [0.1, 0.15) is 25.5 Å². The second kappa shape index (κ2) is 5.61. The third kappa shape index (κ3) is 3.17. The number of halogens is 2. The van der Waals surface area contributed by atoms with E-state index in [1.165, 1.54) is 6.07 Å². The largest absolute Gasteiger partial charge is 0.505 e. The number of benzene rings is 1. The zero-order chi connectivity index (χ0) is 12.3. The van der Waals surface area contributed by atoms with Gasteiger partial charge >= 0.3 is 0 Å². The molecule has 0 amide bonds. The van der Waals surface area contributed by atoms with Crippen molar-refractivity contribution < 1.29 is 14.6 Å². The average Bonchev–Trinajstić information content (AvgIpc) is 2.22. The van der Waals surface area contributed by atoms with Crippen LogP contribution >= 0.6 is 15.9 Å². The third-order valence-electron chi connectivity index (χ3n) is 2.33. The van der Waals surface area contributed by atoms with E-state index in [-0.39, 0.29) is 24.4 Å². The SMILES string of the molecule is CC(N[C@@H](C)CO)c1cc(Br)cc(F)c1O.